The molecule has 0 amide bonds. The maximum Gasteiger partial charge on any atom is 0.271 e. The number of rotatable bonds is 5. The molecule has 1 heterocycles. The van der Waals surface area contributed by atoms with Crippen LogP contribution in [0.1, 0.15) is 35.8 Å². The van der Waals surface area contributed by atoms with Crippen LogP contribution in [0.5, 0.6) is 0 Å². The summed E-state index contributed by atoms with van der Waals surface area (Å²) in [7, 11) is -3.55. The zero-order chi connectivity index (χ0) is 15.6. The van der Waals surface area contributed by atoms with Gasteiger partial charge in [-0.3, -0.25) is 4.72 Å². The van der Waals surface area contributed by atoms with Gasteiger partial charge in [-0.25, -0.2) is 8.42 Å². The van der Waals surface area contributed by atoms with Crippen molar-refractivity contribution in [1.29, 1.82) is 0 Å². The largest absolute Gasteiger partial charge is 0.326 e. The van der Waals surface area contributed by atoms with E-state index in [9.17, 15) is 8.42 Å². The fourth-order valence-electron chi connectivity index (χ4n) is 1.97. The molecular formula is C15H20N2O2S2. The average molecular weight is 324 g/mol. The summed E-state index contributed by atoms with van der Waals surface area (Å²) >= 11 is 1.22. The summed E-state index contributed by atoms with van der Waals surface area (Å²) in [6.07, 6.45) is 0. The van der Waals surface area contributed by atoms with Crippen LogP contribution in [-0.4, -0.2) is 8.42 Å². The fraction of sp³-hybridized carbons (Fsp3) is 0.333. The van der Waals surface area contributed by atoms with E-state index < -0.39 is 10.0 Å². The molecule has 0 spiro atoms. The number of anilines is 1. The molecule has 3 N–H and O–H groups in total. The molecule has 0 aliphatic carbocycles. The highest BCUT2D eigenvalue weighted by atomic mass is 32.2. The summed E-state index contributed by atoms with van der Waals surface area (Å²) < 4.78 is 27.6. The van der Waals surface area contributed by atoms with Crippen LogP contribution >= 0.6 is 11.3 Å². The van der Waals surface area contributed by atoms with Crippen molar-refractivity contribution in [3.63, 3.8) is 0 Å². The van der Waals surface area contributed by atoms with Crippen LogP contribution < -0.4 is 10.5 Å². The van der Waals surface area contributed by atoms with Gasteiger partial charge in [0, 0.05) is 17.1 Å². The second kappa shape index (κ2) is 6.17. The third-order valence-electron chi connectivity index (χ3n) is 3.28. The fourth-order valence-corrected chi connectivity index (χ4v) is 4.49. The van der Waals surface area contributed by atoms with E-state index in [0.29, 0.717) is 22.4 Å². The van der Waals surface area contributed by atoms with Gasteiger partial charge in [-0.15, -0.1) is 11.3 Å². The van der Waals surface area contributed by atoms with Crippen molar-refractivity contribution in [2.75, 3.05) is 4.72 Å². The van der Waals surface area contributed by atoms with Gasteiger partial charge in [0.05, 0.1) is 0 Å². The molecule has 114 valence electrons. The van der Waals surface area contributed by atoms with E-state index in [1.54, 1.807) is 18.2 Å². The highest BCUT2D eigenvalue weighted by Gasteiger charge is 2.18. The third kappa shape index (κ3) is 3.64. The van der Waals surface area contributed by atoms with Crippen LogP contribution in [0.4, 0.5) is 5.69 Å². The van der Waals surface area contributed by atoms with Crippen LogP contribution in [0.15, 0.2) is 34.5 Å². The van der Waals surface area contributed by atoms with Crippen LogP contribution in [0.2, 0.25) is 0 Å². The average Bonchev–Trinajstić information content (AvgIpc) is 2.81. The van der Waals surface area contributed by atoms with E-state index in [-0.39, 0.29) is 0 Å². The molecule has 0 radical (unpaired) electrons. The molecule has 21 heavy (non-hydrogen) atoms. The Hall–Kier alpha value is -1.37. The Morgan fingerprint density at radius 3 is 2.33 bits per heavy atom. The van der Waals surface area contributed by atoms with Gasteiger partial charge in [0.2, 0.25) is 0 Å². The van der Waals surface area contributed by atoms with Gasteiger partial charge >= 0.3 is 0 Å². The SMILES string of the molecule is Cc1cc(S(=O)(=O)Nc2ccc(C(C)C)cc2)sc1CN. The lowest BCUT2D eigenvalue weighted by atomic mass is 10.0. The Morgan fingerprint density at radius 1 is 1.24 bits per heavy atom. The second-order valence-electron chi connectivity index (χ2n) is 5.26. The van der Waals surface area contributed by atoms with Crippen molar-refractivity contribution >= 4 is 27.0 Å². The molecule has 0 bridgehead atoms. The van der Waals surface area contributed by atoms with Crippen molar-refractivity contribution in [3.05, 3.63) is 46.3 Å². The number of aryl methyl sites for hydroxylation is 1. The Bertz CT molecular complexity index is 717. The summed E-state index contributed by atoms with van der Waals surface area (Å²) in [6.45, 7) is 6.42. The minimum absolute atomic E-state index is 0.299. The van der Waals surface area contributed by atoms with Crippen LogP contribution in [0, 0.1) is 6.92 Å². The number of thiophene rings is 1. The summed E-state index contributed by atoms with van der Waals surface area (Å²) in [4.78, 5) is 0.894. The number of benzene rings is 1. The Morgan fingerprint density at radius 2 is 1.86 bits per heavy atom. The maximum absolute atomic E-state index is 12.4. The normalized spacial score (nSPS) is 11.9. The Labute approximate surface area is 130 Å². The summed E-state index contributed by atoms with van der Waals surface area (Å²) in [5.74, 6) is 0.419. The number of sulfonamides is 1. The quantitative estimate of drug-likeness (QED) is 0.885. The van der Waals surface area contributed by atoms with Gasteiger partial charge < -0.3 is 5.73 Å². The molecule has 6 heteroatoms. The lowest BCUT2D eigenvalue weighted by molar-refractivity contribution is 0.603. The van der Waals surface area contributed by atoms with E-state index >= 15 is 0 Å². The van der Waals surface area contributed by atoms with E-state index in [0.717, 1.165) is 10.4 Å². The van der Waals surface area contributed by atoms with E-state index in [1.807, 2.05) is 19.1 Å². The predicted molar refractivity (Wildman–Crippen MR) is 88.3 cm³/mol. The molecule has 1 aromatic carbocycles. The molecule has 4 nitrogen and oxygen atoms in total. The van der Waals surface area contributed by atoms with Crippen molar-refractivity contribution in [2.45, 2.75) is 37.4 Å². The van der Waals surface area contributed by atoms with E-state index in [2.05, 4.69) is 18.6 Å². The van der Waals surface area contributed by atoms with Crippen molar-refractivity contribution in [1.82, 2.24) is 0 Å². The smallest absolute Gasteiger partial charge is 0.271 e. The molecule has 1 aromatic heterocycles. The van der Waals surface area contributed by atoms with Crippen molar-refractivity contribution < 1.29 is 8.42 Å². The van der Waals surface area contributed by atoms with Crippen molar-refractivity contribution in [3.8, 4) is 0 Å². The van der Waals surface area contributed by atoms with Gasteiger partial charge in [-0.05, 0) is 42.2 Å². The van der Waals surface area contributed by atoms with E-state index in [4.69, 9.17) is 5.73 Å². The molecule has 0 fully saturated rings. The summed E-state index contributed by atoms with van der Waals surface area (Å²) in [6, 6.07) is 9.12. The number of nitrogens with two attached hydrogens (primary N) is 1. The molecule has 0 aliphatic rings. The van der Waals surface area contributed by atoms with Gasteiger partial charge in [0.1, 0.15) is 4.21 Å². The topological polar surface area (TPSA) is 72.2 Å². The maximum atomic E-state index is 12.4. The first-order valence-electron chi connectivity index (χ1n) is 6.75. The molecule has 0 saturated heterocycles. The standard InChI is InChI=1S/C15H20N2O2S2/c1-10(2)12-4-6-13(7-5-12)17-21(18,19)15-8-11(3)14(9-16)20-15/h4-8,10,17H,9,16H2,1-3H3. The first-order chi connectivity index (χ1) is 9.83. The highest BCUT2D eigenvalue weighted by Crippen LogP contribution is 2.27. The monoisotopic (exact) mass is 324 g/mol. The number of hydrogen-bond acceptors (Lipinski definition) is 4. The van der Waals surface area contributed by atoms with Gasteiger partial charge in [-0.1, -0.05) is 26.0 Å². The van der Waals surface area contributed by atoms with Crippen LogP contribution in [0.3, 0.4) is 0 Å². The van der Waals surface area contributed by atoms with Crippen molar-refractivity contribution in [2.24, 2.45) is 5.73 Å². The summed E-state index contributed by atoms with van der Waals surface area (Å²) in [5.41, 5.74) is 8.26. The minimum atomic E-state index is -3.55. The number of nitrogens with one attached hydrogen (secondary N) is 1. The third-order valence-corrected chi connectivity index (χ3v) is 6.39. The first-order valence-corrected chi connectivity index (χ1v) is 9.05. The second-order valence-corrected chi connectivity index (χ2v) is 8.30. The molecule has 0 aliphatic heterocycles. The molecule has 0 saturated carbocycles. The van der Waals surface area contributed by atoms with Gasteiger partial charge in [0.25, 0.3) is 10.0 Å². The highest BCUT2D eigenvalue weighted by molar-refractivity contribution is 7.94. The molecule has 2 aromatic rings. The van der Waals surface area contributed by atoms with Crippen LogP contribution in [-0.2, 0) is 16.6 Å². The molecule has 2 rings (SSSR count). The minimum Gasteiger partial charge on any atom is -0.326 e. The lowest BCUT2D eigenvalue weighted by Gasteiger charge is -2.09. The van der Waals surface area contributed by atoms with Gasteiger partial charge in [0.15, 0.2) is 0 Å². The molecular weight excluding hydrogens is 304 g/mol. The van der Waals surface area contributed by atoms with Crippen LogP contribution in [0.25, 0.3) is 0 Å². The first kappa shape index (κ1) is 16.0. The molecule has 0 atom stereocenters. The Balaban J connectivity index is 2.24. The zero-order valence-corrected chi connectivity index (χ0v) is 14.0. The van der Waals surface area contributed by atoms with E-state index in [1.165, 1.54) is 16.9 Å². The molecule has 0 unspecified atom stereocenters. The predicted octanol–water partition coefficient (Wildman–Crippen LogP) is 3.44. The van der Waals surface area contributed by atoms with Gasteiger partial charge in [-0.2, -0.15) is 0 Å². The lowest BCUT2D eigenvalue weighted by Crippen LogP contribution is -2.11. The summed E-state index contributed by atoms with van der Waals surface area (Å²) in [5, 5.41) is 0. The number of hydrogen-bond donors (Lipinski definition) is 2. The zero-order valence-electron chi connectivity index (χ0n) is 12.4. The Kier molecular flexibility index (Phi) is 4.70.